The lowest BCUT2D eigenvalue weighted by Gasteiger charge is -2.34. The summed E-state index contributed by atoms with van der Waals surface area (Å²) in [5.41, 5.74) is 1.60. The van der Waals surface area contributed by atoms with Gasteiger partial charge < -0.3 is 19.7 Å². The Morgan fingerprint density at radius 1 is 0.830 bits per heavy atom. The van der Waals surface area contributed by atoms with E-state index < -0.39 is 34.3 Å². The first kappa shape index (κ1) is 35.0. The van der Waals surface area contributed by atoms with E-state index in [0.29, 0.717) is 23.6 Å². The van der Waals surface area contributed by atoms with Gasteiger partial charge in [-0.15, -0.1) is 0 Å². The quantitative estimate of drug-likeness (QED) is 0.157. The van der Waals surface area contributed by atoms with Gasteiger partial charge in [-0.2, -0.15) is 0 Å². The van der Waals surface area contributed by atoms with Crippen LogP contribution in [0.2, 0.25) is 0 Å². The van der Waals surface area contributed by atoms with Crippen LogP contribution >= 0.6 is 0 Å². The van der Waals surface area contributed by atoms with Crippen molar-refractivity contribution < 1.29 is 31.9 Å². The second kappa shape index (κ2) is 16.6. The number of hydrogen-bond acceptors (Lipinski definition) is 6. The van der Waals surface area contributed by atoms with Gasteiger partial charge in [0.2, 0.25) is 11.8 Å². The van der Waals surface area contributed by atoms with Gasteiger partial charge in [-0.05, 0) is 78.2 Å². The Morgan fingerprint density at radius 2 is 1.49 bits per heavy atom. The fourth-order valence-corrected chi connectivity index (χ4v) is 6.45. The van der Waals surface area contributed by atoms with Crippen molar-refractivity contribution in [2.45, 2.75) is 43.7 Å². The first-order valence-electron chi connectivity index (χ1n) is 15.3. The summed E-state index contributed by atoms with van der Waals surface area (Å²) in [6.45, 7) is 1.78. The molecule has 4 rings (SSSR count). The van der Waals surface area contributed by atoms with Gasteiger partial charge in [0.05, 0.1) is 24.8 Å². The summed E-state index contributed by atoms with van der Waals surface area (Å²) in [6, 6.07) is 26.1. The Balaban J connectivity index is 1.79. The van der Waals surface area contributed by atoms with Crippen molar-refractivity contribution in [3.05, 3.63) is 120 Å². The second-order valence-electron chi connectivity index (χ2n) is 10.9. The predicted molar refractivity (Wildman–Crippen MR) is 179 cm³/mol. The molecular formula is C36H40FN3O6S. The van der Waals surface area contributed by atoms with E-state index in [1.54, 1.807) is 18.2 Å². The van der Waals surface area contributed by atoms with E-state index in [4.69, 9.17) is 9.47 Å². The van der Waals surface area contributed by atoms with E-state index in [1.807, 2.05) is 43.3 Å². The molecule has 0 saturated heterocycles. The zero-order valence-electron chi connectivity index (χ0n) is 26.8. The normalized spacial score (nSPS) is 11.7. The molecule has 1 atom stereocenters. The van der Waals surface area contributed by atoms with Gasteiger partial charge in [0.25, 0.3) is 10.0 Å². The number of rotatable bonds is 16. The summed E-state index contributed by atoms with van der Waals surface area (Å²) in [7, 11) is -1.34. The lowest BCUT2D eigenvalue weighted by Crippen LogP contribution is -2.53. The molecule has 0 aromatic heterocycles. The molecule has 0 saturated carbocycles. The molecular weight excluding hydrogens is 621 g/mol. The van der Waals surface area contributed by atoms with Crippen molar-refractivity contribution >= 4 is 27.5 Å². The molecule has 0 radical (unpaired) electrons. The number of nitrogens with zero attached hydrogens (tertiary/aromatic N) is 2. The van der Waals surface area contributed by atoms with Crippen LogP contribution in [-0.4, -0.2) is 58.5 Å². The number of unbranched alkanes of at least 4 members (excludes halogenated alkanes) is 1. The number of ether oxygens (including phenoxy) is 2. The number of carbonyl (C=O) groups is 2. The van der Waals surface area contributed by atoms with Crippen molar-refractivity contribution in [1.29, 1.82) is 0 Å². The minimum absolute atomic E-state index is 0.00538. The Morgan fingerprint density at radius 3 is 2.13 bits per heavy atom. The fourth-order valence-electron chi connectivity index (χ4n) is 5.04. The highest BCUT2D eigenvalue weighted by Crippen LogP contribution is 2.27. The Labute approximate surface area is 276 Å². The zero-order chi connectivity index (χ0) is 33.8. The molecule has 0 heterocycles. The molecule has 47 heavy (non-hydrogen) atoms. The van der Waals surface area contributed by atoms with Gasteiger partial charge in [-0.3, -0.25) is 13.9 Å². The predicted octanol–water partition coefficient (Wildman–Crippen LogP) is 5.59. The number of hydrogen-bond donors (Lipinski definition) is 1. The van der Waals surface area contributed by atoms with E-state index in [1.165, 1.54) is 55.5 Å². The molecule has 1 N–H and O–H groups in total. The number of amides is 2. The van der Waals surface area contributed by atoms with Crippen LogP contribution < -0.4 is 19.1 Å². The van der Waals surface area contributed by atoms with Crippen LogP contribution in [0.4, 0.5) is 10.1 Å². The third-order valence-electron chi connectivity index (χ3n) is 7.63. The smallest absolute Gasteiger partial charge is 0.264 e. The number of anilines is 1. The van der Waals surface area contributed by atoms with Gasteiger partial charge in [0.1, 0.15) is 29.9 Å². The number of halogens is 1. The van der Waals surface area contributed by atoms with E-state index in [2.05, 4.69) is 5.32 Å². The largest absolute Gasteiger partial charge is 0.497 e. The molecule has 4 aromatic rings. The average molecular weight is 662 g/mol. The molecule has 0 aliphatic rings. The number of sulfonamides is 1. The lowest BCUT2D eigenvalue weighted by atomic mass is 10.0. The van der Waals surface area contributed by atoms with E-state index in [9.17, 15) is 22.4 Å². The third kappa shape index (κ3) is 9.32. The molecule has 0 fully saturated rings. The van der Waals surface area contributed by atoms with Gasteiger partial charge >= 0.3 is 0 Å². The van der Waals surface area contributed by atoms with Crippen molar-refractivity contribution in [1.82, 2.24) is 10.2 Å². The maximum Gasteiger partial charge on any atom is 0.264 e. The van der Waals surface area contributed by atoms with Crippen molar-refractivity contribution in [3.8, 4) is 11.5 Å². The topological polar surface area (TPSA) is 105 Å². The summed E-state index contributed by atoms with van der Waals surface area (Å²) in [5, 5.41) is 2.96. The highest BCUT2D eigenvalue weighted by molar-refractivity contribution is 7.92. The summed E-state index contributed by atoms with van der Waals surface area (Å²) in [4.78, 5) is 29.7. The van der Waals surface area contributed by atoms with Gasteiger partial charge in [-0.25, -0.2) is 12.8 Å². The molecule has 0 spiro atoms. The molecule has 4 aromatic carbocycles. The number of carbonyl (C=O) groups excluding carboxylic acids is 2. The van der Waals surface area contributed by atoms with Crippen molar-refractivity contribution in [3.63, 3.8) is 0 Å². The number of methoxy groups -OCH3 is 2. The molecule has 0 aliphatic heterocycles. The molecule has 0 bridgehead atoms. The van der Waals surface area contributed by atoms with Crippen LogP contribution in [0.3, 0.4) is 0 Å². The standard InChI is InChI=1S/C36H40FN3O6S/c1-4-5-22-38-36(42)34(24-27-10-7-6-8-11-27)39(25-28-12-9-13-32(23-28)46-3)35(41)26-40(30-16-14-29(37)15-17-30)47(43,44)33-20-18-31(45-2)19-21-33/h6-21,23,34H,4-5,22,24-26H2,1-3H3,(H,38,42). The second-order valence-corrected chi connectivity index (χ2v) is 12.7. The Hall–Kier alpha value is -4.90. The van der Waals surface area contributed by atoms with E-state index in [0.717, 1.165) is 34.8 Å². The minimum atomic E-state index is -4.34. The van der Waals surface area contributed by atoms with Crippen LogP contribution in [0.15, 0.2) is 108 Å². The highest BCUT2D eigenvalue weighted by atomic mass is 32.2. The maximum absolute atomic E-state index is 14.5. The summed E-state index contributed by atoms with van der Waals surface area (Å²) in [6.07, 6.45) is 1.81. The summed E-state index contributed by atoms with van der Waals surface area (Å²) < 4.78 is 53.7. The first-order valence-corrected chi connectivity index (χ1v) is 16.8. The van der Waals surface area contributed by atoms with Crippen LogP contribution in [0, 0.1) is 5.82 Å². The summed E-state index contributed by atoms with van der Waals surface area (Å²) in [5.74, 6) is -0.522. The molecule has 2 amide bonds. The highest BCUT2D eigenvalue weighted by Gasteiger charge is 2.34. The summed E-state index contributed by atoms with van der Waals surface area (Å²) >= 11 is 0. The minimum Gasteiger partial charge on any atom is -0.497 e. The molecule has 11 heteroatoms. The number of nitrogens with one attached hydrogen (secondary N) is 1. The molecule has 248 valence electrons. The van der Waals surface area contributed by atoms with E-state index in [-0.39, 0.29) is 29.5 Å². The van der Waals surface area contributed by atoms with Crippen molar-refractivity contribution in [2.24, 2.45) is 0 Å². The first-order chi connectivity index (χ1) is 22.7. The molecule has 1 unspecified atom stereocenters. The fraction of sp³-hybridized carbons (Fsp3) is 0.278. The Kier molecular flexibility index (Phi) is 12.3. The Bertz CT molecular complexity index is 1720. The van der Waals surface area contributed by atoms with Crippen LogP contribution in [0.1, 0.15) is 30.9 Å². The molecule has 0 aliphatic carbocycles. The van der Waals surface area contributed by atoms with Crippen LogP contribution in [-0.2, 0) is 32.6 Å². The van der Waals surface area contributed by atoms with Crippen LogP contribution in [0.5, 0.6) is 11.5 Å². The van der Waals surface area contributed by atoms with Crippen molar-refractivity contribution in [2.75, 3.05) is 31.6 Å². The number of benzene rings is 4. The monoisotopic (exact) mass is 661 g/mol. The maximum atomic E-state index is 14.5. The van der Waals surface area contributed by atoms with Crippen LogP contribution in [0.25, 0.3) is 0 Å². The van der Waals surface area contributed by atoms with E-state index >= 15 is 0 Å². The average Bonchev–Trinajstić information content (AvgIpc) is 3.09. The van der Waals surface area contributed by atoms with Gasteiger partial charge in [-0.1, -0.05) is 55.8 Å². The lowest BCUT2D eigenvalue weighted by molar-refractivity contribution is -0.140. The SMILES string of the molecule is CCCCNC(=O)C(Cc1ccccc1)N(Cc1cccc(OC)c1)C(=O)CN(c1ccc(F)cc1)S(=O)(=O)c1ccc(OC)cc1. The molecule has 9 nitrogen and oxygen atoms in total. The third-order valence-corrected chi connectivity index (χ3v) is 9.42. The zero-order valence-corrected chi connectivity index (χ0v) is 27.6. The van der Waals surface area contributed by atoms with Gasteiger partial charge in [0, 0.05) is 19.5 Å². The van der Waals surface area contributed by atoms with Gasteiger partial charge in [0.15, 0.2) is 0 Å².